The Balaban J connectivity index is 1.76. The highest BCUT2D eigenvalue weighted by molar-refractivity contribution is 5.96. The zero-order valence-electron chi connectivity index (χ0n) is 30.4. The quantitative estimate of drug-likeness (QED) is 0.0458. The van der Waals surface area contributed by atoms with Crippen LogP contribution in [0.4, 0.5) is 10.5 Å². The molecule has 2 aromatic carbocycles. The molecule has 0 spiro atoms. The molecule has 2 unspecified atom stereocenters. The third kappa shape index (κ3) is 19.5. The van der Waals surface area contributed by atoms with Gasteiger partial charge in [0.25, 0.3) is 0 Å². The number of anilines is 1. The van der Waals surface area contributed by atoms with E-state index in [9.17, 15) is 43.5 Å². The van der Waals surface area contributed by atoms with E-state index in [1.165, 1.54) is 17.9 Å². The molecule has 7 amide bonds. The third-order valence-electron chi connectivity index (χ3n) is 7.49. The first-order valence-corrected chi connectivity index (χ1v) is 17.3. The Kier molecular flexibility index (Phi) is 20.4. The Morgan fingerprint density at radius 2 is 1.44 bits per heavy atom. The van der Waals surface area contributed by atoms with Crippen molar-refractivity contribution in [2.45, 2.75) is 57.8 Å². The number of unbranched alkanes of at least 4 members (excludes halogenated alkanes) is 2. The van der Waals surface area contributed by atoms with E-state index < -0.39 is 55.0 Å². The Hall–Kier alpha value is -6.10. The molecular weight excluding hydrogens is 702 g/mol. The van der Waals surface area contributed by atoms with Gasteiger partial charge in [-0.3, -0.25) is 33.6 Å². The maximum Gasteiger partial charge on any atom is 0.407 e. The molecule has 292 valence electrons. The number of amides is 7. The highest BCUT2D eigenvalue weighted by Crippen LogP contribution is 2.11. The Labute approximate surface area is 313 Å². The topological polar surface area (TPSA) is 241 Å². The number of carbonyl (C=O) groups is 8. The standard InChI is InChI=1S/C37H49N7O10/c1-26(46)21-41-37(53)54-25-28-14-16-29(17-15-28)42-33(49)24-40-36(52)30(20-27-10-5-3-6-11-27)43-34(50)23-39-32(48)22-38-31(47)12-7-4-8-18-44(2)35(51)13-9-19-45/h3,5-6,9-11,13-17,19,26,30,46H,4,7-8,12,18,20-25H2,1-2H3,(H,38,47)(H,39,48)(H,40,52)(H,41,53)(H,42,49)(H,43,50)/b13-9-. The van der Waals surface area contributed by atoms with Crippen LogP contribution in [-0.4, -0.2) is 110 Å². The van der Waals surface area contributed by atoms with Gasteiger partial charge in [-0.15, -0.1) is 0 Å². The number of carbonyl (C=O) groups excluding carboxylic acids is 8. The number of aliphatic hydroxyl groups is 1. The summed E-state index contributed by atoms with van der Waals surface area (Å²) in [7, 11) is 1.61. The number of hydrogen-bond acceptors (Lipinski definition) is 10. The largest absolute Gasteiger partial charge is 0.445 e. The summed E-state index contributed by atoms with van der Waals surface area (Å²) in [5.41, 5.74) is 1.82. The molecule has 0 aliphatic rings. The van der Waals surface area contributed by atoms with Crippen molar-refractivity contribution in [3.05, 3.63) is 77.9 Å². The lowest BCUT2D eigenvalue weighted by atomic mass is 10.1. The summed E-state index contributed by atoms with van der Waals surface area (Å²) in [6.07, 6.45) is 3.56. The molecule has 0 radical (unpaired) electrons. The van der Waals surface area contributed by atoms with Crippen LogP contribution < -0.4 is 31.9 Å². The molecule has 0 saturated heterocycles. The van der Waals surface area contributed by atoms with Gasteiger partial charge in [-0.25, -0.2) is 4.79 Å². The summed E-state index contributed by atoms with van der Waals surface area (Å²) in [6, 6.07) is 14.3. The van der Waals surface area contributed by atoms with Gasteiger partial charge in [0.1, 0.15) is 18.9 Å². The van der Waals surface area contributed by atoms with Gasteiger partial charge in [0.2, 0.25) is 35.4 Å². The summed E-state index contributed by atoms with van der Waals surface area (Å²) in [6.45, 7) is 0.799. The molecule has 2 rings (SSSR count). The number of allylic oxidation sites excluding steroid dienone is 1. The minimum absolute atomic E-state index is 0.0266. The van der Waals surface area contributed by atoms with Crippen molar-refractivity contribution in [2.24, 2.45) is 0 Å². The SMILES string of the molecule is CC(O)CNC(=O)OCc1ccc(NC(=O)CNC(=O)C(Cc2ccccc2)NC(=O)CNC(=O)CNC(=O)CCCCCN(C)C(=O)/C=C\C=O)cc1. The molecule has 0 aliphatic heterocycles. The summed E-state index contributed by atoms with van der Waals surface area (Å²) in [5, 5.41) is 24.3. The fourth-order valence-corrected chi connectivity index (χ4v) is 4.59. The fraction of sp³-hybridized carbons (Fsp3) is 0.405. The van der Waals surface area contributed by atoms with E-state index in [4.69, 9.17) is 4.74 Å². The third-order valence-corrected chi connectivity index (χ3v) is 7.49. The first-order valence-electron chi connectivity index (χ1n) is 17.3. The van der Waals surface area contributed by atoms with E-state index >= 15 is 0 Å². The second kappa shape index (κ2) is 25.0. The van der Waals surface area contributed by atoms with Crippen molar-refractivity contribution in [1.82, 2.24) is 31.5 Å². The lowest BCUT2D eigenvalue weighted by Gasteiger charge is -2.19. The van der Waals surface area contributed by atoms with Crippen LogP contribution in [0.1, 0.15) is 43.7 Å². The van der Waals surface area contributed by atoms with E-state index in [0.29, 0.717) is 43.3 Å². The second-order valence-electron chi connectivity index (χ2n) is 12.2. The molecule has 0 fully saturated rings. The minimum atomic E-state index is -1.08. The number of ether oxygens (including phenoxy) is 1. The smallest absolute Gasteiger partial charge is 0.407 e. The van der Waals surface area contributed by atoms with Crippen molar-refractivity contribution in [1.29, 1.82) is 0 Å². The summed E-state index contributed by atoms with van der Waals surface area (Å²) < 4.78 is 5.06. The number of nitrogens with zero attached hydrogens (tertiary/aromatic N) is 1. The predicted molar refractivity (Wildman–Crippen MR) is 197 cm³/mol. The number of hydrogen-bond donors (Lipinski definition) is 7. The van der Waals surface area contributed by atoms with Crippen molar-refractivity contribution in [3.63, 3.8) is 0 Å². The number of alkyl carbamates (subject to hydrolysis) is 1. The highest BCUT2D eigenvalue weighted by Gasteiger charge is 2.22. The summed E-state index contributed by atoms with van der Waals surface area (Å²) >= 11 is 0. The van der Waals surface area contributed by atoms with E-state index in [1.807, 2.05) is 0 Å². The van der Waals surface area contributed by atoms with Gasteiger partial charge in [0, 0.05) is 44.7 Å². The number of nitrogens with one attached hydrogen (secondary N) is 6. The first-order chi connectivity index (χ1) is 25.9. The van der Waals surface area contributed by atoms with Crippen molar-refractivity contribution >= 4 is 53.5 Å². The average Bonchev–Trinajstić information content (AvgIpc) is 3.16. The van der Waals surface area contributed by atoms with Crippen molar-refractivity contribution in [3.8, 4) is 0 Å². The van der Waals surface area contributed by atoms with E-state index in [1.54, 1.807) is 61.6 Å². The van der Waals surface area contributed by atoms with Crippen LogP contribution in [0.2, 0.25) is 0 Å². The van der Waals surface area contributed by atoms with Crippen molar-refractivity contribution < 1.29 is 48.2 Å². The summed E-state index contributed by atoms with van der Waals surface area (Å²) in [5.74, 6) is -3.08. The molecule has 2 aromatic rings. The van der Waals surface area contributed by atoms with Gasteiger partial charge < -0.3 is 46.6 Å². The molecule has 17 nitrogen and oxygen atoms in total. The van der Waals surface area contributed by atoms with Crippen LogP contribution in [0.25, 0.3) is 0 Å². The zero-order valence-corrected chi connectivity index (χ0v) is 30.4. The van der Waals surface area contributed by atoms with Crippen LogP contribution in [0.15, 0.2) is 66.7 Å². The number of likely N-dealkylation sites (N-methyl/N-ethyl adjacent to an activating group) is 1. The number of aldehydes is 1. The molecule has 0 heterocycles. The fourth-order valence-electron chi connectivity index (χ4n) is 4.59. The van der Waals surface area contributed by atoms with Gasteiger partial charge >= 0.3 is 6.09 Å². The Morgan fingerprint density at radius 1 is 0.778 bits per heavy atom. The molecule has 7 N–H and O–H groups in total. The van der Waals surface area contributed by atoms with Gasteiger partial charge in [-0.05, 0) is 49.1 Å². The highest BCUT2D eigenvalue weighted by atomic mass is 16.5. The van der Waals surface area contributed by atoms with E-state index in [0.717, 1.165) is 11.6 Å². The zero-order chi connectivity index (χ0) is 39.7. The molecule has 0 aromatic heterocycles. The average molecular weight is 752 g/mol. The molecular formula is C37H49N7O10. The van der Waals surface area contributed by atoms with Gasteiger partial charge in [0.15, 0.2) is 0 Å². The molecule has 0 saturated carbocycles. The number of rotatable bonds is 23. The Bertz CT molecular complexity index is 1580. The van der Waals surface area contributed by atoms with Gasteiger partial charge in [-0.2, -0.15) is 0 Å². The number of benzene rings is 2. The van der Waals surface area contributed by atoms with Crippen molar-refractivity contribution in [2.75, 3.05) is 45.1 Å². The first kappa shape index (κ1) is 44.1. The van der Waals surface area contributed by atoms with Crippen LogP contribution in [0, 0.1) is 0 Å². The van der Waals surface area contributed by atoms with E-state index in [2.05, 4.69) is 31.9 Å². The number of aliphatic hydroxyl groups excluding tert-OH is 1. The van der Waals surface area contributed by atoms with Crippen LogP contribution >= 0.6 is 0 Å². The predicted octanol–water partition coefficient (Wildman–Crippen LogP) is 0.0821. The molecule has 17 heteroatoms. The lowest BCUT2D eigenvalue weighted by Crippen LogP contribution is -2.52. The van der Waals surface area contributed by atoms with Gasteiger partial charge in [-0.1, -0.05) is 48.9 Å². The molecule has 54 heavy (non-hydrogen) atoms. The molecule has 2 atom stereocenters. The molecule has 0 aliphatic carbocycles. The maximum atomic E-state index is 13.1. The normalized spacial score (nSPS) is 11.7. The van der Waals surface area contributed by atoms with E-state index in [-0.39, 0.29) is 44.4 Å². The van der Waals surface area contributed by atoms with Crippen LogP contribution in [-0.2, 0) is 51.3 Å². The van der Waals surface area contributed by atoms with Crippen LogP contribution in [0.3, 0.4) is 0 Å². The minimum Gasteiger partial charge on any atom is -0.445 e. The molecule has 0 bridgehead atoms. The summed E-state index contributed by atoms with van der Waals surface area (Å²) in [4.78, 5) is 98.0. The lowest BCUT2D eigenvalue weighted by molar-refractivity contribution is -0.130. The van der Waals surface area contributed by atoms with Crippen LogP contribution in [0.5, 0.6) is 0 Å². The second-order valence-corrected chi connectivity index (χ2v) is 12.2. The Morgan fingerprint density at radius 3 is 2.13 bits per heavy atom. The van der Waals surface area contributed by atoms with Gasteiger partial charge in [0.05, 0.1) is 25.7 Å². The maximum absolute atomic E-state index is 13.1. The monoisotopic (exact) mass is 751 g/mol.